The number of nitrogens with one attached hydrogen (secondary N) is 1. The Labute approximate surface area is 118 Å². The van der Waals surface area contributed by atoms with E-state index in [0.717, 1.165) is 39.1 Å². The average Bonchev–Trinajstić information content (AvgIpc) is 2.38. The second-order valence-corrected chi connectivity index (χ2v) is 6.56. The molecule has 0 saturated carbocycles. The van der Waals surface area contributed by atoms with Crippen LogP contribution in [0.25, 0.3) is 0 Å². The van der Waals surface area contributed by atoms with Gasteiger partial charge in [0.1, 0.15) is 0 Å². The van der Waals surface area contributed by atoms with Crippen LogP contribution >= 0.6 is 0 Å². The summed E-state index contributed by atoms with van der Waals surface area (Å²) in [7, 11) is 1.94. The molecule has 19 heavy (non-hydrogen) atoms. The van der Waals surface area contributed by atoms with Crippen molar-refractivity contribution < 1.29 is 4.79 Å². The number of hydrogen-bond donors (Lipinski definition) is 1. The summed E-state index contributed by atoms with van der Waals surface area (Å²) in [6.45, 7) is 13.3. The summed E-state index contributed by atoms with van der Waals surface area (Å²) in [6.07, 6.45) is 2.28. The van der Waals surface area contributed by atoms with Gasteiger partial charge in [-0.1, -0.05) is 13.8 Å². The van der Waals surface area contributed by atoms with E-state index in [1.807, 2.05) is 11.9 Å². The Morgan fingerprint density at radius 2 is 1.89 bits per heavy atom. The first kappa shape index (κ1) is 16.4. The zero-order valence-electron chi connectivity index (χ0n) is 13.3. The number of likely N-dealkylation sites (N-methyl/N-ethyl adjacent to an activating group) is 1. The number of hydrogen-bond acceptors (Lipinski definition) is 3. The topological polar surface area (TPSA) is 35.6 Å². The lowest BCUT2D eigenvalue weighted by Gasteiger charge is -2.41. The highest BCUT2D eigenvalue weighted by Crippen LogP contribution is 2.18. The molecule has 1 aliphatic rings. The molecule has 0 aromatic rings. The first-order chi connectivity index (χ1) is 8.85. The molecule has 112 valence electrons. The molecule has 4 heteroatoms. The highest BCUT2D eigenvalue weighted by Gasteiger charge is 2.36. The molecular formula is C15H31N3O. The Bertz CT molecular complexity index is 283. The summed E-state index contributed by atoms with van der Waals surface area (Å²) in [4.78, 5) is 16.8. The van der Waals surface area contributed by atoms with Gasteiger partial charge in [-0.2, -0.15) is 0 Å². The number of carbonyl (C=O) groups is 1. The third-order valence-corrected chi connectivity index (χ3v) is 4.05. The fourth-order valence-electron chi connectivity index (χ4n) is 2.66. The minimum atomic E-state index is -0.380. The van der Waals surface area contributed by atoms with Crippen molar-refractivity contribution in [3.63, 3.8) is 0 Å². The van der Waals surface area contributed by atoms with E-state index in [-0.39, 0.29) is 11.4 Å². The Hall–Kier alpha value is -0.610. The van der Waals surface area contributed by atoms with Crippen molar-refractivity contribution in [2.75, 3.05) is 39.8 Å². The lowest BCUT2D eigenvalue weighted by molar-refractivity contribution is -0.141. The van der Waals surface area contributed by atoms with Crippen LogP contribution in [0, 0.1) is 5.92 Å². The minimum absolute atomic E-state index is 0.248. The third kappa shape index (κ3) is 4.77. The van der Waals surface area contributed by atoms with Gasteiger partial charge in [-0.05, 0) is 32.6 Å². The van der Waals surface area contributed by atoms with E-state index in [1.54, 1.807) is 0 Å². The summed E-state index contributed by atoms with van der Waals surface area (Å²) in [5.41, 5.74) is -0.380. The van der Waals surface area contributed by atoms with E-state index in [1.165, 1.54) is 6.42 Å². The molecule has 1 amide bonds. The largest absolute Gasteiger partial charge is 0.344 e. The quantitative estimate of drug-likeness (QED) is 0.795. The van der Waals surface area contributed by atoms with Crippen LogP contribution < -0.4 is 5.32 Å². The maximum atomic E-state index is 12.6. The van der Waals surface area contributed by atoms with E-state index < -0.39 is 0 Å². The molecule has 1 aliphatic heterocycles. The maximum Gasteiger partial charge on any atom is 0.242 e. The number of amides is 1. The monoisotopic (exact) mass is 269 g/mol. The number of rotatable bonds is 6. The normalized spacial score (nSPS) is 17.8. The van der Waals surface area contributed by atoms with Gasteiger partial charge in [0.25, 0.3) is 0 Å². The zero-order valence-corrected chi connectivity index (χ0v) is 13.3. The van der Waals surface area contributed by atoms with Crippen LogP contribution in [-0.2, 0) is 4.79 Å². The van der Waals surface area contributed by atoms with Crippen LogP contribution in [-0.4, -0.2) is 61.0 Å². The van der Waals surface area contributed by atoms with Gasteiger partial charge in [0, 0.05) is 39.8 Å². The lowest BCUT2D eigenvalue weighted by Crippen LogP contribution is -2.60. The van der Waals surface area contributed by atoms with Crippen LogP contribution in [0.2, 0.25) is 0 Å². The minimum Gasteiger partial charge on any atom is -0.344 e. The van der Waals surface area contributed by atoms with E-state index >= 15 is 0 Å². The molecular weight excluding hydrogens is 238 g/mol. The van der Waals surface area contributed by atoms with Crippen LogP contribution in [0.5, 0.6) is 0 Å². The number of nitrogens with zero attached hydrogens (tertiary/aromatic N) is 2. The van der Waals surface area contributed by atoms with Gasteiger partial charge in [-0.25, -0.2) is 0 Å². The summed E-state index contributed by atoms with van der Waals surface area (Å²) in [5, 5.41) is 3.34. The predicted molar refractivity (Wildman–Crippen MR) is 80.2 cm³/mol. The molecule has 4 nitrogen and oxygen atoms in total. The lowest BCUT2D eigenvalue weighted by atomic mass is 9.99. The van der Waals surface area contributed by atoms with Gasteiger partial charge in [0.05, 0.1) is 5.54 Å². The molecule has 0 aromatic heterocycles. The Morgan fingerprint density at radius 1 is 1.32 bits per heavy atom. The molecule has 1 fully saturated rings. The van der Waals surface area contributed by atoms with Gasteiger partial charge < -0.3 is 10.2 Å². The van der Waals surface area contributed by atoms with Gasteiger partial charge in [0.2, 0.25) is 5.91 Å². The van der Waals surface area contributed by atoms with Crippen LogP contribution in [0.4, 0.5) is 0 Å². The smallest absolute Gasteiger partial charge is 0.242 e. The third-order valence-electron chi connectivity index (χ3n) is 4.05. The molecule has 1 saturated heterocycles. The molecule has 0 aliphatic carbocycles. The van der Waals surface area contributed by atoms with Crippen molar-refractivity contribution in [2.24, 2.45) is 5.92 Å². The first-order valence-electron chi connectivity index (χ1n) is 7.57. The average molecular weight is 269 g/mol. The van der Waals surface area contributed by atoms with Crippen LogP contribution in [0.1, 0.15) is 40.5 Å². The van der Waals surface area contributed by atoms with Crippen molar-refractivity contribution in [3.05, 3.63) is 0 Å². The molecule has 1 N–H and O–H groups in total. The Morgan fingerprint density at radius 3 is 2.42 bits per heavy atom. The van der Waals surface area contributed by atoms with E-state index in [0.29, 0.717) is 5.92 Å². The van der Waals surface area contributed by atoms with Crippen molar-refractivity contribution in [1.29, 1.82) is 0 Å². The van der Waals surface area contributed by atoms with Crippen LogP contribution in [0.3, 0.4) is 0 Å². The van der Waals surface area contributed by atoms with Gasteiger partial charge in [-0.15, -0.1) is 0 Å². The molecule has 0 aromatic carbocycles. The highest BCUT2D eigenvalue weighted by atomic mass is 16.2. The fourth-order valence-corrected chi connectivity index (χ4v) is 2.66. The molecule has 0 unspecified atom stereocenters. The summed E-state index contributed by atoms with van der Waals surface area (Å²) in [6, 6.07) is 0. The number of piperazine rings is 1. The Balaban J connectivity index is 2.48. The fraction of sp³-hybridized carbons (Fsp3) is 0.933. The molecule has 0 radical (unpaired) electrons. The van der Waals surface area contributed by atoms with Crippen molar-refractivity contribution in [3.8, 4) is 0 Å². The van der Waals surface area contributed by atoms with Crippen molar-refractivity contribution >= 4 is 5.91 Å². The number of carbonyl (C=O) groups excluding carboxylic acids is 1. The summed E-state index contributed by atoms with van der Waals surface area (Å²) in [5.74, 6) is 0.961. The predicted octanol–water partition coefficient (Wildman–Crippen LogP) is 1.56. The second kappa shape index (κ2) is 7.25. The highest BCUT2D eigenvalue weighted by molar-refractivity contribution is 5.85. The first-order valence-corrected chi connectivity index (χ1v) is 7.57. The molecule has 1 rings (SSSR count). The van der Waals surface area contributed by atoms with Gasteiger partial charge >= 0.3 is 0 Å². The second-order valence-electron chi connectivity index (χ2n) is 6.56. The van der Waals surface area contributed by atoms with Gasteiger partial charge in [0.15, 0.2) is 0 Å². The molecule has 0 bridgehead atoms. The molecule has 1 heterocycles. The molecule has 0 spiro atoms. The van der Waals surface area contributed by atoms with E-state index in [4.69, 9.17) is 0 Å². The summed E-state index contributed by atoms with van der Waals surface area (Å²) >= 11 is 0. The van der Waals surface area contributed by atoms with Crippen LogP contribution in [0.15, 0.2) is 0 Å². The molecule has 0 atom stereocenters. The summed E-state index contributed by atoms with van der Waals surface area (Å²) < 4.78 is 0. The zero-order chi connectivity index (χ0) is 14.5. The van der Waals surface area contributed by atoms with Crippen molar-refractivity contribution in [1.82, 2.24) is 15.1 Å². The standard InChI is InChI=1S/C15H31N3O/c1-13(2)7-6-10-17(5)14(19)15(3,4)18-11-8-16-9-12-18/h13,16H,6-12H2,1-5H3. The Kier molecular flexibility index (Phi) is 6.27. The SMILES string of the molecule is CC(C)CCCN(C)C(=O)C(C)(C)N1CCNCC1. The van der Waals surface area contributed by atoms with Crippen molar-refractivity contribution in [2.45, 2.75) is 46.1 Å². The van der Waals surface area contributed by atoms with E-state index in [9.17, 15) is 4.79 Å². The van der Waals surface area contributed by atoms with Gasteiger partial charge in [-0.3, -0.25) is 9.69 Å². The maximum absolute atomic E-state index is 12.6. The van der Waals surface area contributed by atoms with E-state index in [2.05, 4.69) is 37.9 Å².